The lowest BCUT2D eigenvalue weighted by Crippen LogP contribution is -2.48. The van der Waals surface area contributed by atoms with Crippen LogP contribution in [0, 0.1) is 5.82 Å². The van der Waals surface area contributed by atoms with Crippen molar-refractivity contribution < 1.29 is 28.2 Å². The van der Waals surface area contributed by atoms with Crippen molar-refractivity contribution >= 4 is 11.8 Å². The van der Waals surface area contributed by atoms with Crippen LogP contribution in [-0.4, -0.2) is 31.1 Å². The number of carbonyl (C=O) groups excluding carboxylic acids is 2. The van der Waals surface area contributed by atoms with E-state index in [9.17, 15) is 14.0 Å². The molecule has 2 aromatic carbocycles. The van der Waals surface area contributed by atoms with Crippen LogP contribution in [0.3, 0.4) is 0 Å². The van der Waals surface area contributed by atoms with E-state index in [0.29, 0.717) is 23.9 Å². The molecule has 2 aromatic rings. The minimum Gasteiger partial charge on any atom is -0.490 e. The standard InChI is InChI=1S/C20H23FN2O5/c1-3-12-26-17-6-4-5-7-18(17)27-13-19(24)22-23-20(25)14(2)28-16-10-8-15(21)9-11-16/h4-11,14H,3,12-13H2,1-2H3,(H,22,24)(H,23,25)/t14-/m0/s1. The number of halogens is 1. The number of para-hydroxylation sites is 2. The lowest BCUT2D eigenvalue weighted by atomic mass is 10.3. The maximum Gasteiger partial charge on any atom is 0.279 e. The highest BCUT2D eigenvalue weighted by Crippen LogP contribution is 2.26. The van der Waals surface area contributed by atoms with Gasteiger partial charge in [-0.1, -0.05) is 19.1 Å². The maximum absolute atomic E-state index is 12.9. The summed E-state index contributed by atoms with van der Waals surface area (Å²) in [5, 5.41) is 0. The zero-order chi connectivity index (χ0) is 20.4. The van der Waals surface area contributed by atoms with Crippen LogP contribution >= 0.6 is 0 Å². The van der Waals surface area contributed by atoms with Crippen LogP contribution in [0.4, 0.5) is 4.39 Å². The van der Waals surface area contributed by atoms with E-state index in [1.807, 2.05) is 6.92 Å². The highest BCUT2D eigenvalue weighted by molar-refractivity contribution is 5.85. The van der Waals surface area contributed by atoms with Crippen LogP contribution < -0.4 is 25.1 Å². The Balaban J connectivity index is 1.76. The molecule has 0 heterocycles. The number of hydrogen-bond acceptors (Lipinski definition) is 5. The van der Waals surface area contributed by atoms with Gasteiger partial charge in [0.15, 0.2) is 24.2 Å². The van der Waals surface area contributed by atoms with Crippen molar-refractivity contribution in [1.29, 1.82) is 0 Å². The normalized spacial score (nSPS) is 11.2. The van der Waals surface area contributed by atoms with Gasteiger partial charge in [-0.3, -0.25) is 20.4 Å². The van der Waals surface area contributed by atoms with Gasteiger partial charge in [0.05, 0.1) is 6.61 Å². The Hall–Kier alpha value is -3.29. The molecule has 8 heteroatoms. The third-order valence-electron chi connectivity index (χ3n) is 3.49. The molecule has 0 spiro atoms. The number of hydrogen-bond donors (Lipinski definition) is 2. The molecular weight excluding hydrogens is 367 g/mol. The number of nitrogens with one attached hydrogen (secondary N) is 2. The Bertz CT molecular complexity index is 782. The van der Waals surface area contributed by atoms with Gasteiger partial charge in [0, 0.05) is 0 Å². The summed E-state index contributed by atoms with van der Waals surface area (Å²) < 4.78 is 29.2. The van der Waals surface area contributed by atoms with Crippen LogP contribution in [0.25, 0.3) is 0 Å². The van der Waals surface area contributed by atoms with E-state index in [1.54, 1.807) is 24.3 Å². The fraction of sp³-hybridized carbons (Fsp3) is 0.300. The summed E-state index contributed by atoms with van der Waals surface area (Å²) in [6.07, 6.45) is -0.0474. The Morgan fingerprint density at radius 1 is 1.00 bits per heavy atom. The highest BCUT2D eigenvalue weighted by atomic mass is 19.1. The molecule has 0 aliphatic heterocycles. The van der Waals surface area contributed by atoms with Gasteiger partial charge >= 0.3 is 0 Å². The van der Waals surface area contributed by atoms with E-state index in [4.69, 9.17) is 14.2 Å². The van der Waals surface area contributed by atoms with Crippen molar-refractivity contribution in [2.24, 2.45) is 0 Å². The van der Waals surface area contributed by atoms with Crippen molar-refractivity contribution in [2.45, 2.75) is 26.4 Å². The minimum atomic E-state index is -0.894. The van der Waals surface area contributed by atoms with Crippen molar-refractivity contribution in [1.82, 2.24) is 10.9 Å². The van der Waals surface area contributed by atoms with Gasteiger partial charge in [-0.2, -0.15) is 0 Å². The molecule has 0 fully saturated rings. The molecule has 2 rings (SSSR count). The second-order valence-corrected chi connectivity index (χ2v) is 5.84. The highest BCUT2D eigenvalue weighted by Gasteiger charge is 2.16. The number of rotatable bonds is 9. The van der Waals surface area contributed by atoms with Crippen molar-refractivity contribution in [3.8, 4) is 17.2 Å². The molecule has 7 nitrogen and oxygen atoms in total. The van der Waals surface area contributed by atoms with E-state index >= 15 is 0 Å². The summed E-state index contributed by atoms with van der Waals surface area (Å²) in [4.78, 5) is 23.9. The van der Waals surface area contributed by atoms with Gasteiger partial charge in [0.1, 0.15) is 11.6 Å². The first kappa shape index (κ1) is 21.0. The minimum absolute atomic E-state index is 0.306. The number of benzene rings is 2. The Morgan fingerprint density at radius 2 is 1.64 bits per heavy atom. The lowest BCUT2D eigenvalue weighted by Gasteiger charge is -2.15. The van der Waals surface area contributed by atoms with Crippen molar-refractivity contribution in [3.63, 3.8) is 0 Å². The molecule has 2 N–H and O–H groups in total. The van der Waals surface area contributed by atoms with Crippen LogP contribution in [0.2, 0.25) is 0 Å². The van der Waals surface area contributed by atoms with Crippen LogP contribution in [0.1, 0.15) is 20.3 Å². The van der Waals surface area contributed by atoms with Crippen LogP contribution in [-0.2, 0) is 9.59 Å². The van der Waals surface area contributed by atoms with Gasteiger partial charge in [-0.15, -0.1) is 0 Å². The Morgan fingerprint density at radius 3 is 2.29 bits per heavy atom. The predicted octanol–water partition coefficient (Wildman–Crippen LogP) is 2.61. The molecule has 0 unspecified atom stereocenters. The fourth-order valence-corrected chi connectivity index (χ4v) is 2.08. The molecule has 1 atom stereocenters. The third kappa shape index (κ3) is 6.79. The monoisotopic (exact) mass is 390 g/mol. The van der Waals surface area contributed by atoms with E-state index in [-0.39, 0.29) is 6.61 Å². The Labute approximate surface area is 162 Å². The maximum atomic E-state index is 12.9. The Kier molecular flexibility index (Phi) is 8.08. The second-order valence-electron chi connectivity index (χ2n) is 5.84. The molecule has 2 amide bonds. The summed E-state index contributed by atoms with van der Waals surface area (Å²) >= 11 is 0. The van der Waals surface area contributed by atoms with Gasteiger partial charge in [-0.05, 0) is 49.7 Å². The van der Waals surface area contributed by atoms with E-state index < -0.39 is 23.7 Å². The molecular formula is C20H23FN2O5. The summed E-state index contributed by atoms with van der Waals surface area (Å²) in [6.45, 7) is 3.72. The predicted molar refractivity (Wildman–Crippen MR) is 100 cm³/mol. The van der Waals surface area contributed by atoms with Crippen molar-refractivity contribution in [2.75, 3.05) is 13.2 Å². The van der Waals surface area contributed by atoms with Gasteiger partial charge < -0.3 is 14.2 Å². The molecule has 150 valence electrons. The summed E-state index contributed by atoms with van der Waals surface area (Å²) in [7, 11) is 0. The van der Waals surface area contributed by atoms with E-state index in [1.165, 1.54) is 31.2 Å². The number of hydrazine groups is 1. The quantitative estimate of drug-likeness (QED) is 0.643. The van der Waals surface area contributed by atoms with Gasteiger partial charge in [0.2, 0.25) is 0 Å². The SMILES string of the molecule is CCCOc1ccccc1OCC(=O)NNC(=O)[C@H](C)Oc1ccc(F)cc1. The first-order valence-corrected chi connectivity index (χ1v) is 8.85. The average Bonchev–Trinajstić information content (AvgIpc) is 2.71. The molecule has 0 aliphatic carbocycles. The topological polar surface area (TPSA) is 85.9 Å². The average molecular weight is 390 g/mol. The van der Waals surface area contributed by atoms with E-state index in [0.717, 1.165) is 6.42 Å². The molecule has 28 heavy (non-hydrogen) atoms. The van der Waals surface area contributed by atoms with E-state index in [2.05, 4.69) is 10.9 Å². The second kappa shape index (κ2) is 10.8. The van der Waals surface area contributed by atoms with Gasteiger partial charge in [0.25, 0.3) is 11.8 Å². The van der Waals surface area contributed by atoms with Gasteiger partial charge in [-0.25, -0.2) is 4.39 Å². The summed E-state index contributed by atoms with van der Waals surface area (Å²) in [5.41, 5.74) is 4.50. The number of carbonyl (C=O) groups is 2. The zero-order valence-electron chi connectivity index (χ0n) is 15.7. The molecule has 0 aliphatic rings. The fourth-order valence-electron chi connectivity index (χ4n) is 2.08. The summed E-state index contributed by atoms with van der Waals surface area (Å²) in [6, 6.07) is 12.3. The molecule has 0 saturated carbocycles. The molecule has 0 radical (unpaired) electrons. The van der Waals surface area contributed by atoms with Crippen molar-refractivity contribution in [3.05, 3.63) is 54.3 Å². The molecule has 0 bridgehead atoms. The first-order chi connectivity index (χ1) is 13.5. The largest absolute Gasteiger partial charge is 0.490 e. The van der Waals surface area contributed by atoms with Crippen LogP contribution in [0.5, 0.6) is 17.2 Å². The number of amides is 2. The lowest BCUT2D eigenvalue weighted by molar-refractivity contribution is -0.133. The third-order valence-corrected chi connectivity index (χ3v) is 3.49. The first-order valence-electron chi connectivity index (χ1n) is 8.85. The molecule has 0 aromatic heterocycles. The van der Waals surface area contributed by atoms with Crippen LogP contribution in [0.15, 0.2) is 48.5 Å². The zero-order valence-corrected chi connectivity index (χ0v) is 15.7. The molecule has 0 saturated heterocycles. The summed E-state index contributed by atoms with van der Waals surface area (Å²) in [5.74, 6) is -0.203. The number of ether oxygens (including phenoxy) is 3. The smallest absolute Gasteiger partial charge is 0.279 e.